The first kappa shape index (κ1) is 24.9. The second-order valence-electron chi connectivity index (χ2n) is 8.30. The molecule has 2 saturated heterocycles. The van der Waals surface area contributed by atoms with Gasteiger partial charge in [-0.1, -0.05) is 6.42 Å². The third-order valence-electron chi connectivity index (χ3n) is 5.92. The molecule has 1 aromatic rings. The van der Waals surface area contributed by atoms with E-state index in [1.165, 1.54) is 48.0 Å². The Balaban J connectivity index is 1.80. The van der Waals surface area contributed by atoms with E-state index in [0.29, 0.717) is 38.2 Å². The largest absolute Gasteiger partial charge is 0.495 e. The monoisotopic (exact) mass is 488 g/mol. The predicted octanol–water partition coefficient (Wildman–Crippen LogP) is 1.33. The van der Waals surface area contributed by atoms with Crippen LogP contribution in [0.15, 0.2) is 23.1 Å². The molecule has 2 fully saturated rings. The van der Waals surface area contributed by atoms with Gasteiger partial charge in [0.05, 0.1) is 23.6 Å². The number of anilines is 1. The fourth-order valence-electron chi connectivity index (χ4n) is 4.03. The van der Waals surface area contributed by atoms with Crippen LogP contribution in [-0.2, 0) is 25.0 Å². The molecular formula is C20H32N4O6S2. The Bertz CT molecular complexity index is 1040. The number of nitrogens with zero attached hydrogens (tertiary/aromatic N) is 3. The number of carbonyl (C=O) groups is 1. The molecule has 0 spiro atoms. The van der Waals surface area contributed by atoms with Crippen LogP contribution in [0, 0.1) is 5.92 Å². The number of rotatable bonds is 7. The zero-order valence-corrected chi connectivity index (χ0v) is 20.4. The minimum absolute atomic E-state index is 0.0699. The molecule has 0 bridgehead atoms. The van der Waals surface area contributed by atoms with Crippen LogP contribution in [0.2, 0.25) is 0 Å². The number of amides is 1. The number of piperidine rings is 2. The zero-order chi connectivity index (χ0) is 23.5. The number of benzene rings is 1. The molecular weight excluding hydrogens is 456 g/mol. The van der Waals surface area contributed by atoms with E-state index in [1.54, 1.807) is 0 Å². The molecule has 0 radical (unpaired) electrons. The smallest absolute Gasteiger partial charge is 0.281 e. The van der Waals surface area contributed by atoms with Crippen molar-refractivity contribution in [1.29, 1.82) is 0 Å². The molecule has 0 aromatic heterocycles. The summed E-state index contributed by atoms with van der Waals surface area (Å²) in [6, 6.07) is 4.42. The summed E-state index contributed by atoms with van der Waals surface area (Å²) >= 11 is 0. The number of methoxy groups -OCH3 is 1. The van der Waals surface area contributed by atoms with Gasteiger partial charge < -0.3 is 10.1 Å². The SMILES string of the molecule is COc1ccc(S(=O)(=O)N2CCCCC2)cc1NC(=O)[C@@H]1CCCN(S(=O)(=O)N(C)C)C1. The molecule has 1 amide bonds. The summed E-state index contributed by atoms with van der Waals surface area (Å²) in [6.07, 6.45) is 3.77. The van der Waals surface area contributed by atoms with Gasteiger partial charge in [-0.3, -0.25) is 4.79 Å². The molecule has 12 heteroatoms. The van der Waals surface area contributed by atoms with E-state index in [0.717, 1.165) is 23.6 Å². The van der Waals surface area contributed by atoms with Crippen molar-refractivity contribution >= 4 is 31.8 Å². The molecule has 10 nitrogen and oxygen atoms in total. The molecule has 32 heavy (non-hydrogen) atoms. The highest BCUT2D eigenvalue weighted by atomic mass is 32.2. The molecule has 1 aromatic carbocycles. The average molecular weight is 489 g/mol. The van der Waals surface area contributed by atoms with Gasteiger partial charge in [-0.15, -0.1) is 0 Å². The predicted molar refractivity (Wildman–Crippen MR) is 121 cm³/mol. The van der Waals surface area contributed by atoms with Crippen molar-refractivity contribution < 1.29 is 26.4 Å². The van der Waals surface area contributed by atoms with Gasteiger partial charge in [-0.25, -0.2) is 8.42 Å². The van der Waals surface area contributed by atoms with Crippen molar-refractivity contribution in [2.24, 2.45) is 5.92 Å². The molecule has 2 aliphatic rings. The van der Waals surface area contributed by atoms with Crippen molar-refractivity contribution in [3.8, 4) is 5.75 Å². The first-order chi connectivity index (χ1) is 15.1. The van der Waals surface area contributed by atoms with E-state index in [2.05, 4.69) is 5.32 Å². The van der Waals surface area contributed by atoms with E-state index in [-0.39, 0.29) is 23.0 Å². The minimum atomic E-state index is -3.67. The summed E-state index contributed by atoms with van der Waals surface area (Å²) < 4.78 is 60.2. The Hall–Kier alpha value is -1.73. The Morgan fingerprint density at radius 3 is 2.31 bits per heavy atom. The number of sulfonamides is 1. The van der Waals surface area contributed by atoms with E-state index in [1.807, 2.05) is 0 Å². The molecule has 0 unspecified atom stereocenters. The van der Waals surface area contributed by atoms with E-state index in [9.17, 15) is 21.6 Å². The highest BCUT2D eigenvalue weighted by Gasteiger charge is 2.34. The number of ether oxygens (including phenoxy) is 1. The third-order valence-corrected chi connectivity index (χ3v) is 9.73. The summed E-state index contributed by atoms with van der Waals surface area (Å²) in [5.41, 5.74) is 0.253. The van der Waals surface area contributed by atoms with Crippen molar-refractivity contribution in [2.45, 2.75) is 37.0 Å². The van der Waals surface area contributed by atoms with Crippen molar-refractivity contribution in [3.05, 3.63) is 18.2 Å². The second kappa shape index (κ2) is 10.0. The van der Waals surface area contributed by atoms with Gasteiger partial charge in [0.15, 0.2) is 0 Å². The number of hydrogen-bond donors (Lipinski definition) is 1. The maximum absolute atomic E-state index is 13.0. The van der Waals surface area contributed by atoms with Crippen molar-refractivity contribution in [2.75, 3.05) is 52.7 Å². The van der Waals surface area contributed by atoms with E-state index in [4.69, 9.17) is 4.74 Å². The summed E-state index contributed by atoms with van der Waals surface area (Å²) in [7, 11) is -2.93. The van der Waals surface area contributed by atoms with Gasteiger partial charge in [0.2, 0.25) is 15.9 Å². The number of carbonyl (C=O) groups excluding carboxylic acids is 1. The molecule has 3 rings (SSSR count). The summed E-state index contributed by atoms with van der Waals surface area (Å²) in [5, 5.41) is 2.77. The average Bonchev–Trinajstić information content (AvgIpc) is 2.79. The topological polar surface area (TPSA) is 116 Å². The van der Waals surface area contributed by atoms with Gasteiger partial charge in [0.1, 0.15) is 5.75 Å². The van der Waals surface area contributed by atoms with Crippen molar-refractivity contribution in [3.63, 3.8) is 0 Å². The standard InChI is InChI=1S/C20H32N4O6S2/c1-22(2)32(28,29)24-13-7-8-16(15-24)20(25)21-18-14-17(9-10-19(18)30-3)31(26,27)23-11-5-4-6-12-23/h9-10,14,16H,4-8,11-13,15H2,1-3H3,(H,21,25)/t16-/m1/s1. The maximum atomic E-state index is 13.0. The zero-order valence-electron chi connectivity index (χ0n) is 18.8. The van der Waals surface area contributed by atoms with Crippen LogP contribution in [0.5, 0.6) is 5.75 Å². The summed E-state index contributed by atoms with van der Waals surface area (Å²) in [4.78, 5) is 13.1. The lowest BCUT2D eigenvalue weighted by molar-refractivity contribution is -0.120. The Morgan fingerprint density at radius 2 is 1.69 bits per heavy atom. The van der Waals surface area contributed by atoms with Gasteiger partial charge in [-0.05, 0) is 43.9 Å². The van der Waals surface area contributed by atoms with Gasteiger partial charge in [-0.2, -0.15) is 21.3 Å². The van der Waals surface area contributed by atoms with Crippen LogP contribution in [0.3, 0.4) is 0 Å². The molecule has 1 atom stereocenters. The first-order valence-corrected chi connectivity index (χ1v) is 13.6. The molecule has 2 heterocycles. The van der Waals surface area contributed by atoms with Crippen LogP contribution in [0.25, 0.3) is 0 Å². The Morgan fingerprint density at radius 1 is 1.03 bits per heavy atom. The van der Waals surface area contributed by atoms with Crippen LogP contribution in [-0.4, -0.2) is 83.0 Å². The Labute approximate surface area is 190 Å². The normalized spacial score (nSPS) is 21.4. The lowest BCUT2D eigenvalue weighted by atomic mass is 9.98. The minimum Gasteiger partial charge on any atom is -0.495 e. The van der Waals surface area contributed by atoms with Crippen LogP contribution < -0.4 is 10.1 Å². The second-order valence-corrected chi connectivity index (χ2v) is 12.4. The fourth-order valence-corrected chi connectivity index (χ4v) is 6.77. The van der Waals surface area contributed by atoms with Gasteiger partial charge >= 0.3 is 0 Å². The first-order valence-electron chi connectivity index (χ1n) is 10.7. The molecule has 2 aliphatic heterocycles. The van der Waals surface area contributed by atoms with Gasteiger partial charge in [0.25, 0.3) is 10.2 Å². The molecule has 0 saturated carbocycles. The molecule has 1 N–H and O–H groups in total. The number of hydrogen-bond acceptors (Lipinski definition) is 6. The number of nitrogens with one attached hydrogen (secondary N) is 1. The highest BCUT2D eigenvalue weighted by molar-refractivity contribution is 7.89. The third kappa shape index (κ3) is 5.25. The van der Waals surface area contributed by atoms with Crippen LogP contribution >= 0.6 is 0 Å². The maximum Gasteiger partial charge on any atom is 0.281 e. The van der Waals surface area contributed by atoms with Crippen molar-refractivity contribution in [1.82, 2.24) is 12.9 Å². The molecule has 180 valence electrons. The van der Waals surface area contributed by atoms with Crippen LogP contribution in [0.1, 0.15) is 32.1 Å². The summed E-state index contributed by atoms with van der Waals surface area (Å²) in [5.74, 6) is -0.579. The molecule has 0 aliphatic carbocycles. The lowest BCUT2D eigenvalue weighted by Crippen LogP contribution is -2.47. The van der Waals surface area contributed by atoms with E-state index < -0.39 is 26.2 Å². The Kier molecular flexibility index (Phi) is 7.81. The summed E-state index contributed by atoms with van der Waals surface area (Å²) in [6.45, 7) is 1.39. The van der Waals surface area contributed by atoms with E-state index >= 15 is 0 Å². The van der Waals surface area contributed by atoms with Crippen LogP contribution in [0.4, 0.5) is 5.69 Å². The lowest BCUT2D eigenvalue weighted by Gasteiger charge is -2.32. The van der Waals surface area contributed by atoms with Gasteiger partial charge in [0, 0.05) is 40.3 Å². The quantitative estimate of drug-likeness (QED) is 0.619. The highest BCUT2D eigenvalue weighted by Crippen LogP contribution is 2.31. The fraction of sp³-hybridized carbons (Fsp3) is 0.650.